The average molecular weight is 343 g/mol. The summed E-state index contributed by atoms with van der Waals surface area (Å²) < 4.78 is 0. The van der Waals surface area contributed by atoms with E-state index in [4.69, 9.17) is 0 Å². The molecular formula is C23H28BN2. The van der Waals surface area contributed by atoms with E-state index in [1.165, 1.54) is 42.5 Å². The second-order valence-electron chi connectivity index (χ2n) is 6.92. The van der Waals surface area contributed by atoms with Crippen LogP contribution >= 0.6 is 0 Å². The van der Waals surface area contributed by atoms with Crippen molar-refractivity contribution in [3.63, 3.8) is 0 Å². The van der Waals surface area contributed by atoms with Gasteiger partial charge in [-0.25, -0.2) is 0 Å². The number of nitrogens with one attached hydrogen (secondary N) is 1. The van der Waals surface area contributed by atoms with E-state index in [0.717, 1.165) is 18.5 Å². The minimum absolute atomic E-state index is 0.357. The number of H-pyrrole nitrogens is 1. The predicted octanol–water partition coefficient (Wildman–Crippen LogP) is 5.11. The first kappa shape index (κ1) is 18.5. The van der Waals surface area contributed by atoms with E-state index in [1.807, 2.05) is 6.20 Å². The van der Waals surface area contributed by atoms with Gasteiger partial charge in [-0.2, -0.15) is 0 Å². The molecule has 0 bridgehead atoms. The fourth-order valence-corrected chi connectivity index (χ4v) is 3.41. The third kappa shape index (κ3) is 5.35. The summed E-state index contributed by atoms with van der Waals surface area (Å²) in [4.78, 5) is 8.04. The lowest BCUT2D eigenvalue weighted by Crippen LogP contribution is -2.21. The lowest BCUT2D eigenvalue weighted by Gasteiger charge is -2.17. The number of rotatable bonds is 10. The van der Waals surface area contributed by atoms with Gasteiger partial charge in [-0.15, -0.1) is 0 Å². The van der Waals surface area contributed by atoms with Crippen molar-refractivity contribution in [2.45, 2.75) is 51.3 Å². The van der Waals surface area contributed by atoms with Gasteiger partial charge in [0.15, 0.2) is 0 Å². The fourth-order valence-electron chi connectivity index (χ4n) is 3.41. The highest BCUT2D eigenvalue weighted by atomic mass is 14.9. The van der Waals surface area contributed by atoms with Gasteiger partial charge in [0, 0.05) is 17.8 Å². The minimum Gasteiger partial charge on any atom is -0.355 e. The number of benzene rings is 2. The summed E-state index contributed by atoms with van der Waals surface area (Å²) in [6.07, 6.45) is 9.19. The largest absolute Gasteiger partial charge is 0.355 e. The van der Waals surface area contributed by atoms with Gasteiger partial charge in [0.05, 0.1) is 5.72 Å². The Hall–Kier alpha value is -2.29. The molecule has 0 aliphatic heterocycles. The van der Waals surface area contributed by atoms with Crippen molar-refractivity contribution in [2.24, 2.45) is 0 Å². The van der Waals surface area contributed by atoms with Gasteiger partial charge >= 0.3 is 0 Å². The van der Waals surface area contributed by atoms with Crippen LogP contribution in [0.2, 0.25) is 6.32 Å². The molecule has 0 spiro atoms. The van der Waals surface area contributed by atoms with Crippen molar-refractivity contribution in [3.05, 3.63) is 83.7 Å². The van der Waals surface area contributed by atoms with Crippen LogP contribution in [0.25, 0.3) is 0 Å². The van der Waals surface area contributed by atoms with Crippen LogP contribution in [0.5, 0.6) is 0 Å². The molecule has 2 nitrogen and oxygen atoms in total. The van der Waals surface area contributed by atoms with E-state index in [0.29, 0.717) is 5.92 Å². The molecule has 0 saturated heterocycles. The summed E-state index contributed by atoms with van der Waals surface area (Å²) in [7, 11) is 2.24. The molecule has 1 aromatic heterocycles. The zero-order chi connectivity index (χ0) is 18.0. The van der Waals surface area contributed by atoms with Gasteiger partial charge in [-0.05, 0) is 24.0 Å². The first-order valence-electron chi connectivity index (χ1n) is 9.84. The topological polar surface area (TPSA) is 28.7 Å². The third-order valence-electron chi connectivity index (χ3n) is 4.90. The molecule has 133 valence electrons. The van der Waals surface area contributed by atoms with Crippen LogP contribution in [-0.4, -0.2) is 17.2 Å². The van der Waals surface area contributed by atoms with Gasteiger partial charge in [0.25, 0.3) is 0 Å². The molecule has 0 fully saturated rings. The standard InChI is InChI=1S/C23H28BN2/c1-2-3-4-11-16-21-18-25-23(26-21)24-17-22(19-12-7-5-8-13-19)20-14-9-6-10-15-20/h5-10,12-15,18,22H,2-4,11,16-17H2,1H3,(H,25,26). The number of aromatic nitrogens is 2. The van der Waals surface area contributed by atoms with Crippen molar-refractivity contribution in [3.8, 4) is 0 Å². The smallest absolute Gasteiger partial charge is 0.202 e. The number of hydrogen-bond acceptors (Lipinski definition) is 1. The Balaban J connectivity index is 1.63. The molecule has 3 rings (SSSR count). The molecule has 2 aromatic carbocycles. The Morgan fingerprint density at radius 1 is 0.885 bits per heavy atom. The zero-order valence-corrected chi connectivity index (χ0v) is 15.7. The lowest BCUT2D eigenvalue weighted by atomic mass is 9.66. The summed E-state index contributed by atoms with van der Waals surface area (Å²) in [5.74, 6) is 0.357. The van der Waals surface area contributed by atoms with Crippen LogP contribution in [0.1, 0.15) is 55.3 Å². The number of aromatic amines is 1. The second kappa shape index (κ2) is 10.0. The molecule has 0 saturated carbocycles. The number of aryl methyl sites for hydroxylation is 1. The molecule has 1 radical (unpaired) electrons. The number of imidazole rings is 1. The molecule has 1 N–H and O–H groups in total. The maximum absolute atomic E-state index is 4.56. The van der Waals surface area contributed by atoms with Crippen molar-refractivity contribution in [2.75, 3.05) is 0 Å². The van der Waals surface area contributed by atoms with Crippen LogP contribution in [-0.2, 0) is 6.42 Å². The van der Waals surface area contributed by atoms with E-state index in [2.05, 4.69) is 84.8 Å². The normalized spacial score (nSPS) is 11.0. The predicted molar refractivity (Wildman–Crippen MR) is 111 cm³/mol. The maximum Gasteiger partial charge on any atom is 0.202 e. The maximum atomic E-state index is 4.56. The molecule has 1 heterocycles. The van der Waals surface area contributed by atoms with Crippen molar-refractivity contribution < 1.29 is 0 Å². The summed E-state index contributed by atoms with van der Waals surface area (Å²) in [6, 6.07) is 21.5. The molecule has 26 heavy (non-hydrogen) atoms. The summed E-state index contributed by atoms with van der Waals surface area (Å²) in [6.45, 7) is 2.25. The van der Waals surface area contributed by atoms with Gasteiger partial charge in [-0.3, -0.25) is 4.98 Å². The summed E-state index contributed by atoms with van der Waals surface area (Å²) in [5.41, 5.74) is 4.94. The molecule has 3 heteroatoms. The highest BCUT2D eigenvalue weighted by molar-refractivity contribution is 6.51. The number of hydrogen-bond donors (Lipinski definition) is 1. The van der Waals surface area contributed by atoms with E-state index >= 15 is 0 Å². The monoisotopic (exact) mass is 343 g/mol. The Kier molecular flexibility index (Phi) is 7.12. The van der Waals surface area contributed by atoms with Gasteiger partial charge in [0.1, 0.15) is 0 Å². The average Bonchev–Trinajstić information content (AvgIpc) is 3.15. The van der Waals surface area contributed by atoms with Crippen LogP contribution in [0, 0.1) is 0 Å². The Morgan fingerprint density at radius 2 is 1.54 bits per heavy atom. The summed E-state index contributed by atoms with van der Waals surface area (Å²) in [5, 5.41) is 0. The van der Waals surface area contributed by atoms with Crippen LogP contribution in [0.15, 0.2) is 66.9 Å². The molecule has 0 aliphatic carbocycles. The van der Waals surface area contributed by atoms with Crippen molar-refractivity contribution in [1.29, 1.82) is 0 Å². The Bertz CT molecular complexity index is 713. The molecule has 0 atom stereocenters. The van der Waals surface area contributed by atoms with Gasteiger partial charge < -0.3 is 4.98 Å². The van der Waals surface area contributed by atoms with Crippen LogP contribution in [0.3, 0.4) is 0 Å². The van der Waals surface area contributed by atoms with E-state index < -0.39 is 0 Å². The Morgan fingerprint density at radius 3 is 2.15 bits per heavy atom. The van der Waals surface area contributed by atoms with Gasteiger partial charge in [0.2, 0.25) is 7.28 Å². The third-order valence-corrected chi connectivity index (χ3v) is 4.90. The first-order chi connectivity index (χ1) is 12.9. The van der Waals surface area contributed by atoms with E-state index in [1.54, 1.807) is 0 Å². The molecular weight excluding hydrogens is 315 g/mol. The second-order valence-corrected chi connectivity index (χ2v) is 6.92. The number of unbranched alkanes of at least 4 members (excludes halogenated alkanes) is 3. The quantitative estimate of drug-likeness (QED) is 0.402. The molecule has 3 aromatic rings. The highest BCUT2D eigenvalue weighted by Gasteiger charge is 2.15. The van der Waals surface area contributed by atoms with Crippen molar-refractivity contribution >= 4 is 13.0 Å². The lowest BCUT2D eigenvalue weighted by molar-refractivity contribution is 0.662. The summed E-state index contributed by atoms with van der Waals surface area (Å²) >= 11 is 0. The fraction of sp³-hybridized carbons (Fsp3) is 0.348. The zero-order valence-electron chi connectivity index (χ0n) is 15.7. The van der Waals surface area contributed by atoms with Gasteiger partial charge in [-0.1, -0.05) is 93.2 Å². The SMILES string of the molecule is CCCCCCc1cnc([B]CC(c2ccccc2)c2ccccc2)[nH]1. The minimum atomic E-state index is 0.357. The highest BCUT2D eigenvalue weighted by Crippen LogP contribution is 2.27. The first-order valence-corrected chi connectivity index (χ1v) is 9.84. The molecule has 0 amide bonds. The van der Waals surface area contributed by atoms with E-state index in [-0.39, 0.29) is 0 Å². The molecule has 0 unspecified atom stereocenters. The molecule has 0 aliphatic rings. The van der Waals surface area contributed by atoms with Crippen molar-refractivity contribution in [1.82, 2.24) is 9.97 Å². The Labute approximate surface area is 158 Å². The van der Waals surface area contributed by atoms with E-state index in [9.17, 15) is 0 Å². The number of nitrogens with zero attached hydrogens (tertiary/aromatic N) is 1. The van der Waals surface area contributed by atoms with Crippen LogP contribution in [0.4, 0.5) is 0 Å². The van der Waals surface area contributed by atoms with Crippen LogP contribution < -0.4 is 5.72 Å².